The summed E-state index contributed by atoms with van der Waals surface area (Å²) >= 11 is 0. The number of rotatable bonds is 11. The first-order chi connectivity index (χ1) is 14.8. The van der Waals surface area contributed by atoms with E-state index in [1.165, 1.54) is 0 Å². The van der Waals surface area contributed by atoms with E-state index >= 15 is 0 Å². The second kappa shape index (κ2) is 13.9. The Morgan fingerprint density at radius 1 is 0.903 bits per heavy atom. The number of methoxy groups -OCH3 is 2. The number of carbonyl (C=O) groups is 5. The molecule has 0 spiro atoms. The van der Waals surface area contributed by atoms with Crippen LogP contribution in [0.5, 0.6) is 0 Å². The van der Waals surface area contributed by atoms with Gasteiger partial charge in [0, 0.05) is 30.8 Å². The largest absolute Gasteiger partial charge is 0.466 e. The zero-order valence-corrected chi connectivity index (χ0v) is 17.7. The molecular formula is C20H27NO10. The van der Waals surface area contributed by atoms with Gasteiger partial charge >= 0.3 is 29.8 Å². The zero-order chi connectivity index (χ0) is 23.2. The molecule has 1 fully saturated rings. The van der Waals surface area contributed by atoms with E-state index in [0.29, 0.717) is 13.0 Å². The fourth-order valence-electron chi connectivity index (χ4n) is 2.77. The summed E-state index contributed by atoms with van der Waals surface area (Å²) in [6.45, 7) is 2.26. The van der Waals surface area contributed by atoms with Crippen LogP contribution in [0.3, 0.4) is 0 Å². The molecule has 2 atom stereocenters. The van der Waals surface area contributed by atoms with E-state index in [2.05, 4.69) is 9.47 Å². The Bertz CT molecular complexity index is 715. The van der Waals surface area contributed by atoms with Crippen molar-refractivity contribution in [1.82, 2.24) is 4.90 Å². The van der Waals surface area contributed by atoms with E-state index in [1.807, 2.05) is 0 Å². The predicted octanol–water partition coefficient (Wildman–Crippen LogP) is -0.0727. The average molecular weight is 441 g/mol. The van der Waals surface area contributed by atoms with Crippen LogP contribution in [0.25, 0.3) is 0 Å². The van der Waals surface area contributed by atoms with Crippen LogP contribution in [-0.2, 0) is 47.7 Å². The maximum absolute atomic E-state index is 12.1. The van der Waals surface area contributed by atoms with Crippen LogP contribution in [0.1, 0.15) is 19.8 Å². The van der Waals surface area contributed by atoms with Gasteiger partial charge in [-0.15, -0.1) is 0 Å². The number of esters is 5. The Morgan fingerprint density at radius 3 is 2.06 bits per heavy atom. The van der Waals surface area contributed by atoms with E-state index < -0.39 is 36.0 Å². The van der Waals surface area contributed by atoms with E-state index in [9.17, 15) is 24.0 Å². The average Bonchev–Trinajstić information content (AvgIpc) is 3.22. The van der Waals surface area contributed by atoms with Gasteiger partial charge in [-0.3, -0.25) is 9.69 Å². The maximum atomic E-state index is 12.1. The second-order valence-corrected chi connectivity index (χ2v) is 6.31. The predicted molar refractivity (Wildman–Crippen MR) is 104 cm³/mol. The molecule has 0 bridgehead atoms. The van der Waals surface area contributed by atoms with Crippen LogP contribution >= 0.6 is 0 Å². The number of ether oxygens (including phenoxy) is 5. The summed E-state index contributed by atoms with van der Waals surface area (Å²) in [5.74, 6) is -3.56. The molecular weight excluding hydrogens is 414 g/mol. The van der Waals surface area contributed by atoms with Gasteiger partial charge in [0.1, 0.15) is 18.8 Å². The Hall–Kier alpha value is -3.21. The monoisotopic (exact) mass is 441 g/mol. The topological polar surface area (TPSA) is 135 Å². The number of hydrogen-bond acceptors (Lipinski definition) is 11. The molecule has 172 valence electrons. The minimum Gasteiger partial charge on any atom is -0.466 e. The molecule has 0 N–H and O–H groups in total. The summed E-state index contributed by atoms with van der Waals surface area (Å²) in [5, 5.41) is 0. The maximum Gasteiger partial charge on any atom is 0.331 e. The SMILES string of the molecule is CCOC(=O)C1CCCN1CC(COC(=O)/C=C/C(=O)OC)OC(=O)/C=C/C(=O)OC. The van der Waals surface area contributed by atoms with Gasteiger partial charge in [0.15, 0.2) is 0 Å². The number of likely N-dealkylation sites (tertiary alicyclic amines) is 1. The number of nitrogens with zero attached hydrogens (tertiary/aromatic N) is 1. The third kappa shape index (κ3) is 9.90. The smallest absolute Gasteiger partial charge is 0.331 e. The second-order valence-electron chi connectivity index (χ2n) is 6.31. The molecule has 2 unspecified atom stereocenters. The van der Waals surface area contributed by atoms with Crippen LogP contribution in [0, 0.1) is 0 Å². The lowest BCUT2D eigenvalue weighted by Gasteiger charge is -2.27. The summed E-state index contributed by atoms with van der Waals surface area (Å²) < 4.78 is 24.2. The van der Waals surface area contributed by atoms with Crippen molar-refractivity contribution in [3.63, 3.8) is 0 Å². The van der Waals surface area contributed by atoms with Gasteiger partial charge in [0.05, 0.1) is 20.8 Å². The van der Waals surface area contributed by atoms with Crippen LogP contribution in [0.2, 0.25) is 0 Å². The van der Waals surface area contributed by atoms with Crippen molar-refractivity contribution < 1.29 is 47.7 Å². The molecule has 1 saturated heterocycles. The first-order valence-electron chi connectivity index (χ1n) is 9.60. The van der Waals surface area contributed by atoms with Crippen molar-refractivity contribution in [2.45, 2.75) is 31.9 Å². The van der Waals surface area contributed by atoms with Gasteiger partial charge in [-0.1, -0.05) is 0 Å². The van der Waals surface area contributed by atoms with Crippen molar-refractivity contribution in [1.29, 1.82) is 0 Å². The Balaban J connectivity index is 2.80. The van der Waals surface area contributed by atoms with Crippen molar-refractivity contribution in [3.05, 3.63) is 24.3 Å². The van der Waals surface area contributed by atoms with Gasteiger partial charge in [-0.25, -0.2) is 19.2 Å². The fraction of sp³-hybridized carbons (Fsp3) is 0.550. The van der Waals surface area contributed by atoms with Gasteiger partial charge in [-0.05, 0) is 26.3 Å². The molecule has 11 nitrogen and oxygen atoms in total. The molecule has 1 heterocycles. The van der Waals surface area contributed by atoms with Gasteiger partial charge in [0.25, 0.3) is 0 Å². The Kier molecular flexibility index (Phi) is 11.6. The van der Waals surface area contributed by atoms with Crippen molar-refractivity contribution in [2.75, 3.05) is 40.5 Å². The van der Waals surface area contributed by atoms with E-state index in [-0.39, 0.29) is 25.7 Å². The molecule has 0 saturated carbocycles. The van der Waals surface area contributed by atoms with Crippen LogP contribution < -0.4 is 0 Å². The highest BCUT2D eigenvalue weighted by Gasteiger charge is 2.34. The Labute approximate surface area is 179 Å². The van der Waals surface area contributed by atoms with Crippen molar-refractivity contribution in [2.24, 2.45) is 0 Å². The third-order valence-electron chi connectivity index (χ3n) is 4.17. The molecule has 0 aromatic carbocycles. The van der Waals surface area contributed by atoms with Crippen LogP contribution in [0.15, 0.2) is 24.3 Å². The van der Waals surface area contributed by atoms with Gasteiger partial charge in [-0.2, -0.15) is 0 Å². The molecule has 31 heavy (non-hydrogen) atoms. The van der Waals surface area contributed by atoms with Crippen LogP contribution in [-0.4, -0.2) is 87.4 Å². The summed E-state index contributed by atoms with van der Waals surface area (Å²) in [6, 6.07) is -0.498. The van der Waals surface area contributed by atoms with Gasteiger partial charge in [0.2, 0.25) is 0 Å². The lowest BCUT2D eigenvalue weighted by Crippen LogP contribution is -2.44. The summed E-state index contributed by atoms with van der Waals surface area (Å²) in [4.78, 5) is 59.9. The standard InChI is InChI=1S/C20H27NO10/c1-4-29-20(26)15-6-5-11-21(15)12-14(31-19(25)10-8-17(23)28-3)13-30-18(24)9-7-16(22)27-2/h7-10,14-15H,4-6,11-13H2,1-3H3/b9-7+,10-8+. The zero-order valence-electron chi connectivity index (χ0n) is 17.7. The van der Waals surface area contributed by atoms with Gasteiger partial charge < -0.3 is 23.7 Å². The quantitative estimate of drug-likeness (QED) is 0.242. The highest BCUT2D eigenvalue weighted by Crippen LogP contribution is 2.19. The lowest BCUT2D eigenvalue weighted by molar-refractivity contribution is -0.156. The highest BCUT2D eigenvalue weighted by atomic mass is 16.6. The van der Waals surface area contributed by atoms with E-state index in [0.717, 1.165) is 44.9 Å². The minimum atomic E-state index is -0.944. The van der Waals surface area contributed by atoms with Crippen molar-refractivity contribution in [3.8, 4) is 0 Å². The third-order valence-corrected chi connectivity index (χ3v) is 4.17. The number of hydrogen-bond donors (Lipinski definition) is 0. The Morgan fingerprint density at radius 2 is 1.48 bits per heavy atom. The molecule has 0 amide bonds. The molecule has 11 heteroatoms. The van der Waals surface area contributed by atoms with Crippen LogP contribution in [0.4, 0.5) is 0 Å². The first-order valence-corrected chi connectivity index (χ1v) is 9.60. The first kappa shape index (κ1) is 25.8. The molecule has 1 aliphatic rings. The molecule has 1 aliphatic heterocycles. The molecule has 0 radical (unpaired) electrons. The highest BCUT2D eigenvalue weighted by molar-refractivity contribution is 5.92. The molecule has 0 aromatic heterocycles. The molecule has 0 aromatic rings. The minimum absolute atomic E-state index is 0.0925. The summed E-state index contributed by atoms with van der Waals surface area (Å²) in [7, 11) is 2.32. The summed E-state index contributed by atoms with van der Waals surface area (Å²) in [6.07, 6.45) is 3.92. The van der Waals surface area contributed by atoms with E-state index in [4.69, 9.17) is 14.2 Å². The summed E-state index contributed by atoms with van der Waals surface area (Å²) in [5.41, 5.74) is 0. The van der Waals surface area contributed by atoms with E-state index in [1.54, 1.807) is 11.8 Å². The molecule has 0 aliphatic carbocycles. The van der Waals surface area contributed by atoms with Crippen molar-refractivity contribution >= 4 is 29.8 Å². The normalized spacial score (nSPS) is 17.3. The molecule has 1 rings (SSSR count). The fourth-order valence-corrected chi connectivity index (χ4v) is 2.77. The lowest BCUT2D eigenvalue weighted by atomic mass is 10.2. The number of carbonyl (C=O) groups excluding carboxylic acids is 5.